The number of nitriles is 1. The molecule has 4 N–H and O–H groups in total. The zero-order valence-corrected chi connectivity index (χ0v) is 23.6. The van der Waals surface area contributed by atoms with Crippen LogP contribution in [-0.2, 0) is 23.9 Å². The molecule has 1 aliphatic heterocycles. The molecule has 44 heavy (non-hydrogen) atoms. The highest BCUT2D eigenvalue weighted by Crippen LogP contribution is 2.43. The Bertz CT molecular complexity index is 1740. The van der Waals surface area contributed by atoms with E-state index in [2.05, 4.69) is 11.4 Å². The van der Waals surface area contributed by atoms with Crippen molar-refractivity contribution in [1.29, 1.82) is 5.26 Å². The third-order valence-electron chi connectivity index (χ3n) is 6.79. The number of nitrogens with one attached hydrogen (secondary N) is 1. The number of carboxylic acids is 1. The molecule has 3 aromatic carbocycles. The summed E-state index contributed by atoms with van der Waals surface area (Å²) in [6.45, 7) is 0. The van der Waals surface area contributed by atoms with E-state index in [9.17, 15) is 29.2 Å². The van der Waals surface area contributed by atoms with Crippen LogP contribution in [0.4, 0.5) is 11.4 Å². The fraction of sp³-hybridized carbons (Fsp3) is 0.125. The van der Waals surface area contributed by atoms with Crippen LogP contribution >= 0.6 is 0 Å². The van der Waals surface area contributed by atoms with Gasteiger partial charge in [-0.25, -0.2) is 14.4 Å². The highest BCUT2D eigenvalue weighted by atomic mass is 16.5. The molecule has 0 spiro atoms. The van der Waals surface area contributed by atoms with Gasteiger partial charge in [0.1, 0.15) is 11.5 Å². The number of amides is 1. The van der Waals surface area contributed by atoms with Gasteiger partial charge in [-0.1, -0.05) is 30.3 Å². The van der Waals surface area contributed by atoms with Gasteiger partial charge >= 0.3 is 17.9 Å². The third kappa shape index (κ3) is 6.17. The van der Waals surface area contributed by atoms with Gasteiger partial charge in [0, 0.05) is 16.9 Å². The molecule has 0 bridgehead atoms. The van der Waals surface area contributed by atoms with Crippen molar-refractivity contribution in [2.24, 2.45) is 5.73 Å². The molecule has 1 aliphatic rings. The summed E-state index contributed by atoms with van der Waals surface area (Å²) in [4.78, 5) is 63.9. The number of allylic oxidation sites excluding steroid dienone is 1. The Morgan fingerprint density at radius 2 is 1.48 bits per heavy atom. The SMILES string of the molecule is COC(=O)C1=C(C(=O)OC)N(c2ccc(C(=O)CC(=O)Nc3ccc(C(=O)O)cc3)cc2)C(N)=C(C#N)C1c1ccccc1. The molecule has 222 valence electrons. The number of methoxy groups -OCH3 is 2. The number of carboxylic acid groups (broad SMARTS) is 1. The number of hydrogen-bond acceptors (Lipinski definition) is 10. The number of nitrogens with zero attached hydrogens (tertiary/aromatic N) is 2. The predicted octanol–water partition coefficient (Wildman–Crippen LogP) is 3.49. The van der Waals surface area contributed by atoms with Gasteiger partial charge in [-0.2, -0.15) is 5.26 Å². The number of rotatable bonds is 9. The maximum Gasteiger partial charge on any atom is 0.355 e. The smallest absolute Gasteiger partial charge is 0.355 e. The van der Waals surface area contributed by atoms with E-state index in [1.165, 1.54) is 53.4 Å². The first-order valence-corrected chi connectivity index (χ1v) is 13.0. The van der Waals surface area contributed by atoms with Gasteiger partial charge < -0.3 is 25.6 Å². The molecule has 0 saturated heterocycles. The molecule has 12 nitrogen and oxygen atoms in total. The van der Waals surface area contributed by atoms with Crippen molar-refractivity contribution >= 4 is 41.0 Å². The van der Waals surface area contributed by atoms with Crippen molar-refractivity contribution in [3.05, 3.63) is 118 Å². The molecule has 1 unspecified atom stereocenters. The van der Waals surface area contributed by atoms with Gasteiger partial charge in [0.2, 0.25) is 5.91 Å². The topological polar surface area (TPSA) is 189 Å². The summed E-state index contributed by atoms with van der Waals surface area (Å²) in [5, 5.41) is 21.7. The summed E-state index contributed by atoms with van der Waals surface area (Å²) < 4.78 is 10.0. The third-order valence-corrected chi connectivity index (χ3v) is 6.79. The van der Waals surface area contributed by atoms with Crippen LogP contribution in [0.25, 0.3) is 0 Å². The van der Waals surface area contributed by atoms with Gasteiger partial charge in [-0.3, -0.25) is 14.5 Å². The maximum atomic E-state index is 13.2. The molecule has 0 aromatic heterocycles. The summed E-state index contributed by atoms with van der Waals surface area (Å²) in [6.07, 6.45) is -0.511. The second-order valence-electron chi connectivity index (χ2n) is 9.41. The molecule has 12 heteroatoms. The minimum absolute atomic E-state index is 0.0162. The van der Waals surface area contributed by atoms with E-state index in [1.54, 1.807) is 30.3 Å². The van der Waals surface area contributed by atoms with Crippen LogP contribution < -0.4 is 16.0 Å². The number of nitrogens with two attached hydrogens (primary N) is 1. The standard InChI is InChI=1S/C32H26N4O8/c1-43-31(41)27-26(19-6-4-3-5-7-19)23(17-33)29(34)36(28(27)32(42)44-2)22-14-10-18(11-15-22)24(37)16-25(38)35-21-12-8-20(9-13-21)30(39)40/h3-15,26H,16,34H2,1-2H3,(H,35,38)(H,39,40). The lowest BCUT2D eigenvalue weighted by Crippen LogP contribution is -2.40. The van der Waals surface area contributed by atoms with Crippen molar-refractivity contribution in [1.82, 2.24) is 0 Å². The van der Waals surface area contributed by atoms with Crippen LogP contribution in [0.3, 0.4) is 0 Å². The minimum Gasteiger partial charge on any atom is -0.478 e. The Morgan fingerprint density at radius 3 is 2.02 bits per heavy atom. The summed E-state index contributed by atoms with van der Waals surface area (Å²) in [6, 6.07) is 21.8. The molecular formula is C32H26N4O8. The lowest BCUT2D eigenvalue weighted by molar-refractivity contribution is -0.139. The number of ketones is 1. The number of anilines is 2. The molecule has 3 aromatic rings. The Morgan fingerprint density at radius 1 is 0.886 bits per heavy atom. The van der Waals surface area contributed by atoms with E-state index in [4.69, 9.17) is 20.3 Å². The summed E-state index contributed by atoms with van der Waals surface area (Å²) >= 11 is 0. The number of ether oxygens (including phenoxy) is 2. The molecule has 1 heterocycles. The van der Waals surface area contributed by atoms with Crippen LogP contribution in [0.1, 0.15) is 38.6 Å². The van der Waals surface area contributed by atoms with E-state index in [0.29, 0.717) is 11.3 Å². The summed E-state index contributed by atoms with van der Waals surface area (Å²) in [7, 11) is 2.28. The first-order valence-electron chi connectivity index (χ1n) is 13.0. The zero-order chi connectivity index (χ0) is 32.0. The monoisotopic (exact) mass is 594 g/mol. The Labute approximate surface area is 251 Å². The van der Waals surface area contributed by atoms with Crippen LogP contribution in [-0.4, -0.2) is 48.9 Å². The Hall–Kier alpha value is -6.22. The van der Waals surface area contributed by atoms with Crippen molar-refractivity contribution in [2.75, 3.05) is 24.4 Å². The average Bonchev–Trinajstić information content (AvgIpc) is 3.04. The molecule has 0 fully saturated rings. The number of esters is 2. The van der Waals surface area contributed by atoms with Gasteiger partial charge in [0.15, 0.2) is 5.78 Å². The van der Waals surface area contributed by atoms with Crippen LogP contribution in [0.2, 0.25) is 0 Å². The molecule has 0 saturated carbocycles. The summed E-state index contributed by atoms with van der Waals surface area (Å²) in [5.41, 5.74) is 7.30. The zero-order valence-electron chi connectivity index (χ0n) is 23.6. The van der Waals surface area contributed by atoms with Crippen molar-refractivity contribution in [3.63, 3.8) is 0 Å². The number of benzene rings is 3. The number of carbonyl (C=O) groups is 5. The first kappa shape index (κ1) is 30.7. The van der Waals surface area contributed by atoms with Gasteiger partial charge in [-0.15, -0.1) is 0 Å². The fourth-order valence-corrected chi connectivity index (χ4v) is 4.73. The number of carbonyl (C=O) groups excluding carboxylic acids is 4. The van der Waals surface area contributed by atoms with Crippen LogP contribution in [0, 0.1) is 11.3 Å². The summed E-state index contributed by atoms with van der Waals surface area (Å²) in [5.74, 6) is -5.22. The Balaban J connectivity index is 1.67. The lowest BCUT2D eigenvalue weighted by Gasteiger charge is -2.35. The van der Waals surface area contributed by atoms with E-state index >= 15 is 0 Å². The van der Waals surface area contributed by atoms with Gasteiger partial charge in [0.05, 0.1) is 49.3 Å². The van der Waals surface area contributed by atoms with Gasteiger partial charge in [0.25, 0.3) is 0 Å². The molecule has 4 rings (SSSR count). The van der Waals surface area contributed by atoms with Crippen LogP contribution in [0.5, 0.6) is 0 Å². The molecule has 1 atom stereocenters. The van der Waals surface area contributed by atoms with E-state index in [0.717, 1.165) is 14.2 Å². The number of hydrogen-bond donors (Lipinski definition) is 3. The second-order valence-corrected chi connectivity index (χ2v) is 9.41. The quantitative estimate of drug-likeness (QED) is 0.187. The van der Waals surface area contributed by atoms with E-state index in [-0.39, 0.29) is 39.5 Å². The molecule has 0 radical (unpaired) electrons. The fourth-order valence-electron chi connectivity index (χ4n) is 4.73. The largest absolute Gasteiger partial charge is 0.478 e. The average molecular weight is 595 g/mol. The number of aromatic carboxylic acids is 1. The molecule has 0 aliphatic carbocycles. The normalized spacial score (nSPS) is 14.4. The lowest BCUT2D eigenvalue weighted by atomic mass is 9.81. The highest BCUT2D eigenvalue weighted by Gasteiger charge is 2.43. The minimum atomic E-state index is -1.11. The van der Waals surface area contributed by atoms with Crippen molar-refractivity contribution in [2.45, 2.75) is 12.3 Å². The van der Waals surface area contributed by atoms with E-state index < -0.39 is 41.9 Å². The maximum absolute atomic E-state index is 13.2. The first-order chi connectivity index (χ1) is 21.1. The van der Waals surface area contributed by atoms with E-state index in [1.807, 2.05) is 0 Å². The van der Waals surface area contributed by atoms with Gasteiger partial charge in [-0.05, 0) is 54.1 Å². The van der Waals surface area contributed by atoms with Crippen LogP contribution in [0.15, 0.2) is 102 Å². The molecule has 1 amide bonds. The second kappa shape index (κ2) is 13.2. The van der Waals surface area contributed by atoms with Crippen molar-refractivity contribution < 1.29 is 38.6 Å². The molecular weight excluding hydrogens is 568 g/mol. The van der Waals surface area contributed by atoms with Crippen molar-refractivity contribution in [3.8, 4) is 6.07 Å². The predicted molar refractivity (Wildman–Crippen MR) is 157 cm³/mol. The number of Topliss-reactive ketones (excluding diaryl/α,β-unsaturated/α-hetero) is 1. The Kier molecular flexibility index (Phi) is 9.20. The highest BCUT2D eigenvalue weighted by molar-refractivity contribution is 6.11.